The van der Waals surface area contributed by atoms with Crippen molar-refractivity contribution in [2.75, 3.05) is 31.6 Å². The van der Waals surface area contributed by atoms with Gasteiger partial charge in [0.1, 0.15) is 6.07 Å². The van der Waals surface area contributed by atoms with E-state index < -0.39 is 24.3 Å². The largest absolute Gasteiger partial charge is 0.476 e. The monoisotopic (exact) mass is 591 g/mol. The predicted molar refractivity (Wildman–Crippen MR) is 156 cm³/mol. The van der Waals surface area contributed by atoms with Gasteiger partial charge in [-0.15, -0.1) is 0 Å². The summed E-state index contributed by atoms with van der Waals surface area (Å²) >= 11 is 0. The van der Waals surface area contributed by atoms with E-state index >= 15 is 0 Å². The number of nitriles is 1. The lowest BCUT2D eigenvalue weighted by molar-refractivity contribution is -0.122. The average molecular weight is 592 g/mol. The zero-order chi connectivity index (χ0) is 30.9. The van der Waals surface area contributed by atoms with Crippen molar-refractivity contribution in [1.82, 2.24) is 25.0 Å². The Kier molecular flexibility index (Phi) is 10.2. The third-order valence-corrected chi connectivity index (χ3v) is 6.56. The number of imidazole rings is 1. The summed E-state index contributed by atoms with van der Waals surface area (Å²) < 4.78 is 36.0. The Balaban J connectivity index is 1.48. The van der Waals surface area contributed by atoms with Crippen LogP contribution in [0.15, 0.2) is 48.9 Å². The Bertz CT molecular complexity index is 1670. The highest BCUT2D eigenvalue weighted by Gasteiger charge is 2.20. The quantitative estimate of drug-likeness (QED) is 0.146. The number of ether oxygens (including phenoxy) is 1. The Labute approximate surface area is 246 Å². The van der Waals surface area contributed by atoms with Crippen LogP contribution < -0.4 is 32.2 Å². The zero-order valence-corrected chi connectivity index (χ0v) is 23.4. The number of anilines is 2. The van der Waals surface area contributed by atoms with E-state index in [-0.39, 0.29) is 41.9 Å². The van der Waals surface area contributed by atoms with Gasteiger partial charge in [-0.2, -0.15) is 9.65 Å². The molecule has 43 heavy (non-hydrogen) atoms. The summed E-state index contributed by atoms with van der Waals surface area (Å²) in [6, 6.07) is 8.83. The standard InChI is InChI=1S/C29H31F2N9O3/c1-2-17-15-18(3-4-19(17)28(41)36-10-11-37-29(42)21(34)7-8-32)39-26-27-38-16-22(40(27)13-12-35-26)20-5-6-23(43-14-9-33)25(31)24(20)30/h3-6,12-13,15-16,21H,2,7-8,10-11,14,32,34H2,1H3,(H,35,39)(H,36,41)(H,37,42). The summed E-state index contributed by atoms with van der Waals surface area (Å²) in [6.07, 6.45) is 5.39. The van der Waals surface area contributed by atoms with Crippen molar-refractivity contribution < 1.29 is 23.1 Å². The number of nitrogens with zero attached hydrogens (tertiary/aromatic N) is 4. The van der Waals surface area contributed by atoms with Crippen molar-refractivity contribution in [3.8, 4) is 23.1 Å². The molecule has 0 aliphatic carbocycles. The van der Waals surface area contributed by atoms with E-state index in [1.165, 1.54) is 24.5 Å². The van der Waals surface area contributed by atoms with Gasteiger partial charge in [0.25, 0.3) is 5.91 Å². The molecule has 0 saturated carbocycles. The number of aromatic nitrogens is 3. The van der Waals surface area contributed by atoms with Crippen molar-refractivity contribution >= 4 is 29.0 Å². The molecule has 0 saturated heterocycles. The molecular weight excluding hydrogens is 560 g/mol. The molecule has 0 spiro atoms. The second kappa shape index (κ2) is 14.2. The molecule has 1 unspecified atom stereocenters. The van der Waals surface area contributed by atoms with Gasteiger partial charge in [-0.05, 0) is 55.3 Å². The van der Waals surface area contributed by atoms with E-state index in [0.717, 1.165) is 5.56 Å². The molecule has 0 fully saturated rings. The van der Waals surface area contributed by atoms with Crippen LogP contribution in [0.4, 0.5) is 20.3 Å². The Morgan fingerprint density at radius 3 is 2.67 bits per heavy atom. The van der Waals surface area contributed by atoms with Crippen molar-refractivity contribution in [2.24, 2.45) is 11.5 Å². The number of amides is 2. The lowest BCUT2D eigenvalue weighted by Gasteiger charge is -2.14. The molecule has 14 heteroatoms. The molecule has 0 radical (unpaired) electrons. The third kappa shape index (κ3) is 7.03. The van der Waals surface area contributed by atoms with Crippen LogP contribution in [0, 0.1) is 23.0 Å². The highest BCUT2D eigenvalue weighted by molar-refractivity contribution is 5.96. The number of hydrogen-bond acceptors (Lipinski definition) is 9. The second-order valence-corrected chi connectivity index (χ2v) is 9.38. The lowest BCUT2D eigenvalue weighted by atomic mass is 10.0. The number of aryl methyl sites for hydroxylation is 1. The molecule has 2 aromatic heterocycles. The highest BCUT2D eigenvalue weighted by Crippen LogP contribution is 2.32. The Morgan fingerprint density at radius 1 is 1.14 bits per heavy atom. The van der Waals surface area contributed by atoms with Crippen LogP contribution in [-0.2, 0) is 11.2 Å². The number of carbonyl (C=O) groups excluding carboxylic acids is 2. The Hall–Kier alpha value is -5.13. The molecule has 4 rings (SSSR count). The molecule has 0 bridgehead atoms. The number of hydrogen-bond donors (Lipinski definition) is 5. The number of halogens is 2. The molecule has 224 valence electrons. The summed E-state index contributed by atoms with van der Waals surface area (Å²) in [6.45, 7) is 2.25. The van der Waals surface area contributed by atoms with E-state index in [4.69, 9.17) is 21.5 Å². The molecular formula is C29H31F2N9O3. The van der Waals surface area contributed by atoms with Gasteiger partial charge in [-0.3, -0.25) is 14.0 Å². The van der Waals surface area contributed by atoms with E-state index in [9.17, 15) is 18.4 Å². The van der Waals surface area contributed by atoms with Gasteiger partial charge >= 0.3 is 0 Å². The van der Waals surface area contributed by atoms with E-state index in [2.05, 4.69) is 25.9 Å². The molecule has 2 aromatic carbocycles. The molecule has 4 aromatic rings. The summed E-state index contributed by atoms with van der Waals surface area (Å²) in [5.74, 6) is -2.97. The number of nitrogens with two attached hydrogens (primary N) is 2. The average Bonchev–Trinajstić information content (AvgIpc) is 3.44. The van der Waals surface area contributed by atoms with E-state index in [0.29, 0.717) is 42.1 Å². The Morgan fingerprint density at radius 2 is 1.93 bits per heavy atom. The van der Waals surface area contributed by atoms with Crippen molar-refractivity contribution in [1.29, 1.82) is 5.26 Å². The van der Waals surface area contributed by atoms with Gasteiger partial charge in [-0.1, -0.05) is 6.92 Å². The van der Waals surface area contributed by atoms with Gasteiger partial charge in [0, 0.05) is 42.3 Å². The number of carbonyl (C=O) groups is 2. The first kappa shape index (κ1) is 30.8. The summed E-state index contributed by atoms with van der Waals surface area (Å²) in [5.41, 5.74) is 13.6. The predicted octanol–water partition coefficient (Wildman–Crippen LogP) is 2.40. The minimum Gasteiger partial charge on any atom is -0.476 e. The maximum Gasteiger partial charge on any atom is 0.251 e. The highest BCUT2D eigenvalue weighted by atomic mass is 19.2. The van der Waals surface area contributed by atoms with E-state index in [1.54, 1.807) is 28.8 Å². The van der Waals surface area contributed by atoms with Gasteiger partial charge in [0.2, 0.25) is 11.7 Å². The van der Waals surface area contributed by atoms with Gasteiger partial charge in [0.05, 0.1) is 17.9 Å². The van der Waals surface area contributed by atoms with Gasteiger partial charge in [0.15, 0.2) is 29.6 Å². The third-order valence-electron chi connectivity index (χ3n) is 6.56. The van der Waals surface area contributed by atoms with Crippen LogP contribution in [0.2, 0.25) is 0 Å². The van der Waals surface area contributed by atoms with Crippen molar-refractivity contribution in [3.05, 3.63) is 71.7 Å². The van der Waals surface area contributed by atoms with Crippen LogP contribution in [0.1, 0.15) is 29.3 Å². The molecule has 0 aliphatic rings. The van der Waals surface area contributed by atoms with Crippen LogP contribution in [0.3, 0.4) is 0 Å². The van der Waals surface area contributed by atoms with E-state index in [1.807, 2.05) is 13.0 Å². The van der Waals surface area contributed by atoms with Crippen LogP contribution in [0.5, 0.6) is 5.75 Å². The smallest absolute Gasteiger partial charge is 0.251 e. The summed E-state index contributed by atoms with van der Waals surface area (Å²) in [5, 5.41) is 17.3. The van der Waals surface area contributed by atoms with Gasteiger partial charge < -0.3 is 32.2 Å². The van der Waals surface area contributed by atoms with Crippen LogP contribution in [0.25, 0.3) is 16.9 Å². The first-order valence-electron chi connectivity index (χ1n) is 13.5. The van der Waals surface area contributed by atoms with Crippen molar-refractivity contribution in [3.63, 3.8) is 0 Å². The number of rotatable bonds is 13. The second-order valence-electron chi connectivity index (χ2n) is 9.38. The van der Waals surface area contributed by atoms with Crippen LogP contribution >= 0.6 is 0 Å². The maximum absolute atomic E-state index is 14.9. The normalized spacial score (nSPS) is 11.5. The lowest BCUT2D eigenvalue weighted by Crippen LogP contribution is -2.44. The zero-order valence-electron chi connectivity index (χ0n) is 23.4. The first-order valence-corrected chi connectivity index (χ1v) is 13.5. The minimum absolute atomic E-state index is 0.0481. The maximum atomic E-state index is 14.9. The molecule has 12 nitrogen and oxygen atoms in total. The first-order chi connectivity index (χ1) is 20.8. The molecule has 0 aliphatic heterocycles. The molecule has 2 amide bonds. The topological polar surface area (TPSA) is 185 Å². The number of fused-ring (bicyclic) bond motifs is 1. The van der Waals surface area contributed by atoms with Gasteiger partial charge in [-0.25, -0.2) is 14.4 Å². The fourth-order valence-electron chi connectivity index (χ4n) is 4.38. The SMILES string of the molecule is CCc1cc(Nc2nccn3c(-c4ccc(OCC#N)c(F)c4F)cnc23)ccc1C(=O)NCCNC(=O)C(N)CCN. The fraction of sp³-hybridized carbons (Fsp3) is 0.276. The molecule has 1 atom stereocenters. The molecule has 7 N–H and O–H groups in total. The van der Waals surface area contributed by atoms with Crippen LogP contribution in [-0.4, -0.2) is 58.5 Å². The summed E-state index contributed by atoms with van der Waals surface area (Å²) in [4.78, 5) is 33.4. The van der Waals surface area contributed by atoms with Crippen molar-refractivity contribution in [2.45, 2.75) is 25.8 Å². The minimum atomic E-state index is -1.21. The number of benzene rings is 2. The fourth-order valence-corrected chi connectivity index (χ4v) is 4.38. The number of nitrogens with one attached hydrogen (secondary N) is 3. The molecule has 2 heterocycles. The summed E-state index contributed by atoms with van der Waals surface area (Å²) in [7, 11) is 0.